The molecule has 0 radical (unpaired) electrons. The Morgan fingerprint density at radius 1 is 1.08 bits per heavy atom. The summed E-state index contributed by atoms with van der Waals surface area (Å²) in [5.41, 5.74) is 1.08. The molecule has 4 fully saturated rings. The van der Waals surface area contributed by atoms with Crippen molar-refractivity contribution in [1.82, 2.24) is 0 Å². The van der Waals surface area contributed by atoms with Crippen LogP contribution >= 0.6 is 0 Å². The number of ether oxygens (including phenoxy) is 1. The van der Waals surface area contributed by atoms with E-state index in [1.165, 1.54) is 24.8 Å². The molecule has 2 saturated carbocycles. The smallest absolute Gasteiger partial charge is 0.110 e. The fourth-order valence-corrected chi connectivity index (χ4v) is 5.84. The second kappa shape index (κ2) is 7.26. The van der Waals surface area contributed by atoms with Gasteiger partial charge < -0.3 is 4.74 Å². The summed E-state index contributed by atoms with van der Waals surface area (Å²) in [6.07, 6.45) is 7.19. The molecule has 2 aliphatic heterocycles. The van der Waals surface area contributed by atoms with E-state index in [4.69, 9.17) is 14.5 Å². The highest BCUT2D eigenvalue weighted by Crippen LogP contribution is 2.57. The van der Waals surface area contributed by atoms with Crippen LogP contribution in [0.4, 0.5) is 0 Å². The average Bonchev–Trinajstić information content (AvgIpc) is 2.90. The van der Waals surface area contributed by atoms with Crippen LogP contribution in [-0.4, -0.2) is 17.8 Å². The van der Waals surface area contributed by atoms with E-state index in [9.17, 15) is 0 Å². The standard InChI is InChI=1S/C23H34O3/c1-17-9-10-20(18(2)15-24-16-19-7-5-4-6-8-19)23-14-13-22(3,25-26-23)12-11-21(17)23/h4-8,17-18,20-21H,9-16H2,1-3H3/t17-,18+,20+,21+,22-,23+/m1/s1. The molecule has 0 amide bonds. The van der Waals surface area contributed by atoms with Gasteiger partial charge in [0.2, 0.25) is 0 Å². The Bertz CT molecular complexity index is 591. The average molecular weight is 359 g/mol. The van der Waals surface area contributed by atoms with Crippen molar-refractivity contribution in [2.24, 2.45) is 23.7 Å². The first kappa shape index (κ1) is 18.5. The molecule has 6 atom stereocenters. The zero-order valence-corrected chi connectivity index (χ0v) is 16.6. The quantitative estimate of drug-likeness (QED) is 0.647. The third kappa shape index (κ3) is 3.34. The van der Waals surface area contributed by atoms with Gasteiger partial charge >= 0.3 is 0 Å². The van der Waals surface area contributed by atoms with Crippen LogP contribution in [0, 0.1) is 23.7 Å². The monoisotopic (exact) mass is 358 g/mol. The molecule has 0 N–H and O–H groups in total. The fourth-order valence-electron chi connectivity index (χ4n) is 5.84. The molecule has 2 aliphatic carbocycles. The highest BCUT2D eigenvalue weighted by atomic mass is 17.2. The summed E-state index contributed by atoms with van der Waals surface area (Å²) in [4.78, 5) is 12.3. The molecule has 1 aromatic carbocycles. The Balaban J connectivity index is 1.45. The van der Waals surface area contributed by atoms with E-state index < -0.39 is 0 Å². The first-order chi connectivity index (χ1) is 12.5. The van der Waals surface area contributed by atoms with E-state index >= 15 is 0 Å². The Kier molecular flexibility index (Phi) is 5.15. The van der Waals surface area contributed by atoms with Crippen LogP contribution in [0.2, 0.25) is 0 Å². The minimum atomic E-state index is -0.0940. The molecule has 3 nitrogen and oxygen atoms in total. The maximum Gasteiger partial charge on any atom is 0.110 e. The van der Waals surface area contributed by atoms with Crippen molar-refractivity contribution in [3.8, 4) is 0 Å². The summed E-state index contributed by atoms with van der Waals surface area (Å²) in [7, 11) is 0. The molecule has 1 spiro atoms. The SMILES string of the molecule is C[C@@H]1CC[C@@H]([C@@H](C)COCc2ccccc2)[C@@]23CC[C@@](C)(CC[C@@H]12)OO3. The van der Waals surface area contributed by atoms with E-state index in [1.54, 1.807) is 0 Å². The van der Waals surface area contributed by atoms with Gasteiger partial charge in [0.25, 0.3) is 0 Å². The molecule has 0 unspecified atom stereocenters. The molecule has 2 heterocycles. The van der Waals surface area contributed by atoms with Crippen LogP contribution in [0.3, 0.4) is 0 Å². The second-order valence-electron chi connectivity index (χ2n) is 9.36. The molecule has 3 heteroatoms. The summed E-state index contributed by atoms with van der Waals surface area (Å²) >= 11 is 0. The Labute approximate surface area is 158 Å². The number of hydrogen-bond donors (Lipinski definition) is 0. The van der Waals surface area contributed by atoms with Gasteiger partial charge in [0, 0.05) is 6.61 Å². The van der Waals surface area contributed by atoms with Gasteiger partial charge in [0.05, 0.1) is 6.61 Å². The van der Waals surface area contributed by atoms with Crippen LogP contribution in [0.15, 0.2) is 30.3 Å². The van der Waals surface area contributed by atoms with Gasteiger partial charge in [0.1, 0.15) is 11.2 Å². The summed E-state index contributed by atoms with van der Waals surface area (Å²) < 4.78 is 6.10. The third-order valence-corrected chi connectivity index (χ3v) is 7.48. The third-order valence-electron chi connectivity index (χ3n) is 7.48. The van der Waals surface area contributed by atoms with Crippen LogP contribution < -0.4 is 0 Å². The van der Waals surface area contributed by atoms with Crippen molar-refractivity contribution in [2.45, 2.75) is 77.1 Å². The minimum absolute atomic E-state index is 0.0695. The molecular formula is C23H34O3. The van der Waals surface area contributed by atoms with Crippen molar-refractivity contribution in [2.75, 3.05) is 6.61 Å². The maximum absolute atomic E-state index is 6.31. The van der Waals surface area contributed by atoms with Crippen LogP contribution in [0.25, 0.3) is 0 Å². The zero-order chi connectivity index (χ0) is 18.2. The predicted molar refractivity (Wildman–Crippen MR) is 102 cm³/mol. The van der Waals surface area contributed by atoms with Crippen molar-refractivity contribution < 1.29 is 14.5 Å². The van der Waals surface area contributed by atoms with Crippen molar-refractivity contribution in [3.05, 3.63) is 35.9 Å². The second-order valence-corrected chi connectivity index (χ2v) is 9.36. The minimum Gasteiger partial charge on any atom is -0.376 e. The first-order valence-electron chi connectivity index (χ1n) is 10.5. The topological polar surface area (TPSA) is 27.7 Å². The number of rotatable bonds is 5. The van der Waals surface area contributed by atoms with Crippen LogP contribution in [0.1, 0.15) is 64.9 Å². The Morgan fingerprint density at radius 2 is 1.88 bits per heavy atom. The molecule has 4 aliphatic rings. The van der Waals surface area contributed by atoms with E-state index in [0.717, 1.165) is 31.8 Å². The van der Waals surface area contributed by atoms with Gasteiger partial charge in [-0.3, -0.25) is 0 Å². The summed E-state index contributed by atoms with van der Waals surface area (Å²) in [6, 6.07) is 10.5. The molecule has 2 bridgehead atoms. The van der Waals surface area contributed by atoms with Crippen molar-refractivity contribution >= 4 is 0 Å². The summed E-state index contributed by atoms with van der Waals surface area (Å²) in [5.74, 6) is 2.37. The lowest BCUT2D eigenvalue weighted by atomic mass is 9.59. The lowest BCUT2D eigenvalue weighted by Gasteiger charge is -2.53. The summed E-state index contributed by atoms with van der Waals surface area (Å²) in [5, 5.41) is 0. The highest BCUT2D eigenvalue weighted by molar-refractivity contribution is 5.13. The van der Waals surface area contributed by atoms with Crippen LogP contribution in [0.5, 0.6) is 0 Å². The van der Waals surface area contributed by atoms with Crippen molar-refractivity contribution in [3.63, 3.8) is 0 Å². The van der Waals surface area contributed by atoms with Gasteiger partial charge in [-0.25, -0.2) is 9.78 Å². The zero-order valence-electron chi connectivity index (χ0n) is 16.6. The maximum atomic E-state index is 6.31. The lowest BCUT2D eigenvalue weighted by molar-refractivity contribution is -0.453. The molecule has 5 rings (SSSR count). The van der Waals surface area contributed by atoms with Gasteiger partial charge in [-0.15, -0.1) is 0 Å². The Hall–Kier alpha value is -0.900. The normalized spacial score (nSPS) is 40.7. The molecule has 0 aromatic heterocycles. The van der Waals surface area contributed by atoms with E-state index in [-0.39, 0.29) is 11.2 Å². The molecule has 26 heavy (non-hydrogen) atoms. The molecular weight excluding hydrogens is 324 g/mol. The molecule has 2 saturated heterocycles. The number of fused-ring (bicyclic) bond motifs is 3. The van der Waals surface area contributed by atoms with Gasteiger partial charge in [0.15, 0.2) is 0 Å². The lowest BCUT2D eigenvalue weighted by Crippen LogP contribution is -2.57. The van der Waals surface area contributed by atoms with Gasteiger partial charge in [-0.05, 0) is 74.7 Å². The number of hydrogen-bond acceptors (Lipinski definition) is 3. The van der Waals surface area contributed by atoms with Crippen molar-refractivity contribution in [1.29, 1.82) is 0 Å². The van der Waals surface area contributed by atoms with E-state index in [2.05, 4.69) is 51.1 Å². The predicted octanol–water partition coefficient (Wildman–Crippen LogP) is 5.53. The largest absolute Gasteiger partial charge is 0.376 e. The van der Waals surface area contributed by atoms with E-state index in [1.807, 2.05) is 0 Å². The van der Waals surface area contributed by atoms with Gasteiger partial charge in [-0.2, -0.15) is 0 Å². The Morgan fingerprint density at radius 3 is 2.62 bits per heavy atom. The molecule has 144 valence electrons. The highest BCUT2D eigenvalue weighted by Gasteiger charge is 2.59. The van der Waals surface area contributed by atoms with Crippen LogP contribution in [-0.2, 0) is 21.1 Å². The first-order valence-corrected chi connectivity index (χ1v) is 10.5. The summed E-state index contributed by atoms with van der Waals surface area (Å²) in [6.45, 7) is 8.48. The molecule has 1 aromatic rings. The fraction of sp³-hybridized carbons (Fsp3) is 0.739. The van der Waals surface area contributed by atoms with Gasteiger partial charge in [-0.1, -0.05) is 44.2 Å². The van der Waals surface area contributed by atoms with E-state index in [0.29, 0.717) is 24.4 Å². The number of benzene rings is 1.